The highest BCUT2D eigenvalue weighted by atomic mass is 16.1. The lowest BCUT2D eigenvalue weighted by Crippen LogP contribution is -2.12. The van der Waals surface area contributed by atoms with E-state index in [4.69, 9.17) is 11.1 Å². The van der Waals surface area contributed by atoms with Crippen LogP contribution < -0.4 is 5.73 Å². The molecule has 1 aromatic heterocycles. The van der Waals surface area contributed by atoms with Crippen molar-refractivity contribution in [3.05, 3.63) is 24.0 Å². The van der Waals surface area contributed by atoms with Crippen molar-refractivity contribution >= 4 is 17.2 Å². The SMILES string of the molecule is CC(=O)C(=N)c1ccncc1N. The number of nitrogens with zero attached hydrogens (tertiary/aromatic N) is 1. The number of hydrogen-bond acceptors (Lipinski definition) is 4. The molecule has 1 rings (SSSR count). The molecule has 0 saturated carbocycles. The molecule has 62 valence electrons. The van der Waals surface area contributed by atoms with E-state index < -0.39 is 0 Å². The number of Topliss-reactive ketones (excluding diaryl/α,β-unsaturated/α-hetero) is 1. The van der Waals surface area contributed by atoms with Crippen LogP contribution in [0.3, 0.4) is 0 Å². The van der Waals surface area contributed by atoms with Gasteiger partial charge in [0, 0.05) is 18.7 Å². The number of carbonyl (C=O) groups excluding carboxylic acids is 1. The van der Waals surface area contributed by atoms with E-state index in [0.29, 0.717) is 11.3 Å². The molecule has 0 fully saturated rings. The Bertz CT molecular complexity index is 333. The number of pyridine rings is 1. The zero-order valence-electron chi connectivity index (χ0n) is 6.66. The number of anilines is 1. The molecule has 1 aromatic rings. The van der Waals surface area contributed by atoms with Crippen LogP contribution in [0.4, 0.5) is 5.69 Å². The first-order valence-electron chi connectivity index (χ1n) is 3.42. The highest BCUT2D eigenvalue weighted by Gasteiger charge is 2.08. The van der Waals surface area contributed by atoms with Gasteiger partial charge in [0.15, 0.2) is 5.78 Å². The maximum absolute atomic E-state index is 10.8. The highest BCUT2D eigenvalue weighted by molar-refractivity contribution is 6.45. The van der Waals surface area contributed by atoms with Crippen LogP contribution in [0.2, 0.25) is 0 Å². The van der Waals surface area contributed by atoms with Crippen LogP contribution in [0.25, 0.3) is 0 Å². The average Bonchev–Trinajstić information content (AvgIpc) is 2.04. The number of hydrogen-bond donors (Lipinski definition) is 2. The lowest BCUT2D eigenvalue weighted by Gasteiger charge is -2.01. The molecule has 0 amide bonds. The van der Waals surface area contributed by atoms with Gasteiger partial charge < -0.3 is 5.73 Å². The first-order chi connectivity index (χ1) is 5.63. The molecule has 0 aliphatic rings. The molecule has 0 atom stereocenters. The molecule has 0 radical (unpaired) electrons. The van der Waals surface area contributed by atoms with E-state index in [0.717, 1.165) is 0 Å². The number of ketones is 1. The number of aromatic nitrogens is 1. The van der Waals surface area contributed by atoms with Gasteiger partial charge in [0.1, 0.15) is 5.71 Å². The van der Waals surface area contributed by atoms with Crippen molar-refractivity contribution in [2.75, 3.05) is 5.73 Å². The Kier molecular flexibility index (Phi) is 2.19. The highest BCUT2D eigenvalue weighted by Crippen LogP contribution is 2.09. The third-order valence-corrected chi connectivity index (χ3v) is 1.47. The third-order valence-electron chi connectivity index (χ3n) is 1.47. The second kappa shape index (κ2) is 3.13. The van der Waals surface area contributed by atoms with Crippen molar-refractivity contribution in [2.45, 2.75) is 6.92 Å². The minimum atomic E-state index is -0.298. The van der Waals surface area contributed by atoms with Crippen LogP contribution in [0.15, 0.2) is 18.5 Å². The molecule has 0 unspecified atom stereocenters. The van der Waals surface area contributed by atoms with Gasteiger partial charge in [-0.3, -0.25) is 15.2 Å². The molecule has 1 heterocycles. The standard InChI is InChI=1S/C8H9N3O/c1-5(12)8(10)6-2-3-11-4-7(6)9/h2-4,10H,9H2,1H3. The van der Waals surface area contributed by atoms with E-state index in [2.05, 4.69) is 4.98 Å². The van der Waals surface area contributed by atoms with Crippen LogP contribution in [0.1, 0.15) is 12.5 Å². The van der Waals surface area contributed by atoms with Crippen LogP contribution in [-0.2, 0) is 4.79 Å². The van der Waals surface area contributed by atoms with E-state index in [1.165, 1.54) is 19.3 Å². The van der Waals surface area contributed by atoms with E-state index in [-0.39, 0.29) is 11.5 Å². The van der Waals surface area contributed by atoms with Gasteiger partial charge in [-0.25, -0.2) is 0 Å². The largest absolute Gasteiger partial charge is 0.397 e. The first-order valence-corrected chi connectivity index (χ1v) is 3.42. The summed E-state index contributed by atoms with van der Waals surface area (Å²) < 4.78 is 0. The van der Waals surface area contributed by atoms with Gasteiger partial charge >= 0.3 is 0 Å². The van der Waals surface area contributed by atoms with Gasteiger partial charge in [-0.2, -0.15) is 0 Å². The fourth-order valence-corrected chi connectivity index (χ4v) is 0.824. The maximum atomic E-state index is 10.8. The number of carbonyl (C=O) groups is 1. The summed E-state index contributed by atoms with van der Waals surface area (Å²) >= 11 is 0. The van der Waals surface area contributed by atoms with Gasteiger partial charge in [0.05, 0.1) is 11.9 Å². The quantitative estimate of drug-likeness (QED) is 0.627. The van der Waals surface area contributed by atoms with Crippen LogP contribution in [-0.4, -0.2) is 16.5 Å². The fraction of sp³-hybridized carbons (Fsp3) is 0.125. The first kappa shape index (κ1) is 8.39. The Balaban J connectivity index is 3.11. The van der Waals surface area contributed by atoms with Crippen molar-refractivity contribution in [1.82, 2.24) is 4.98 Å². The Morgan fingerprint density at radius 3 is 2.83 bits per heavy atom. The van der Waals surface area contributed by atoms with Crippen LogP contribution >= 0.6 is 0 Å². The van der Waals surface area contributed by atoms with E-state index >= 15 is 0 Å². The molecule has 0 bridgehead atoms. The number of nitrogens with one attached hydrogen (secondary N) is 1. The van der Waals surface area contributed by atoms with Crippen molar-refractivity contribution < 1.29 is 4.79 Å². The molecule has 0 spiro atoms. The van der Waals surface area contributed by atoms with Crippen LogP contribution in [0, 0.1) is 5.41 Å². The monoisotopic (exact) mass is 163 g/mol. The smallest absolute Gasteiger partial charge is 0.178 e. The lowest BCUT2D eigenvalue weighted by molar-refractivity contribution is -0.111. The number of rotatable bonds is 2. The zero-order chi connectivity index (χ0) is 9.14. The molecule has 4 nitrogen and oxygen atoms in total. The van der Waals surface area contributed by atoms with Crippen LogP contribution in [0.5, 0.6) is 0 Å². The normalized spacial score (nSPS) is 9.42. The summed E-state index contributed by atoms with van der Waals surface area (Å²) in [5, 5.41) is 7.37. The summed E-state index contributed by atoms with van der Waals surface area (Å²) in [7, 11) is 0. The van der Waals surface area contributed by atoms with E-state index in [1.807, 2.05) is 0 Å². The van der Waals surface area contributed by atoms with Gasteiger partial charge in [0.2, 0.25) is 0 Å². The second-order valence-corrected chi connectivity index (χ2v) is 2.39. The topological polar surface area (TPSA) is 79.8 Å². The summed E-state index contributed by atoms with van der Waals surface area (Å²) in [5.74, 6) is -0.298. The Labute approximate surface area is 69.9 Å². The van der Waals surface area contributed by atoms with E-state index in [1.54, 1.807) is 6.07 Å². The van der Waals surface area contributed by atoms with Crippen molar-refractivity contribution in [2.24, 2.45) is 0 Å². The molecule has 12 heavy (non-hydrogen) atoms. The summed E-state index contributed by atoms with van der Waals surface area (Å²) in [6, 6.07) is 1.55. The summed E-state index contributed by atoms with van der Waals surface area (Å²) in [4.78, 5) is 14.5. The Hall–Kier alpha value is -1.71. The Morgan fingerprint density at radius 1 is 1.67 bits per heavy atom. The third kappa shape index (κ3) is 1.47. The second-order valence-electron chi connectivity index (χ2n) is 2.39. The predicted octanol–water partition coefficient (Wildman–Crippen LogP) is 0.621. The van der Waals surface area contributed by atoms with Gasteiger partial charge in [-0.05, 0) is 6.07 Å². The maximum Gasteiger partial charge on any atom is 0.178 e. The fourth-order valence-electron chi connectivity index (χ4n) is 0.824. The lowest BCUT2D eigenvalue weighted by atomic mass is 10.1. The minimum absolute atomic E-state index is 0.0742. The van der Waals surface area contributed by atoms with Crippen molar-refractivity contribution in [3.8, 4) is 0 Å². The van der Waals surface area contributed by atoms with E-state index in [9.17, 15) is 4.79 Å². The van der Waals surface area contributed by atoms with Gasteiger partial charge in [0.25, 0.3) is 0 Å². The molecular formula is C8H9N3O. The molecule has 4 heteroatoms. The van der Waals surface area contributed by atoms with Crippen molar-refractivity contribution in [1.29, 1.82) is 5.41 Å². The molecule has 0 aliphatic heterocycles. The molecule has 3 N–H and O–H groups in total. The molecule has 0 saturated heterocycles. The summed E-state index contributed by atoms with van der Waals surface area (Å²) in [5.41, 5.74) is 6.23. The Morgan fingerprint density at radius 2 is 2.33 bits per heavy atom. The van der Waals surface area contributed by atoms with Crippen molar-refractivity contribution in [3.63, 3.8) is 0 Å². The van der Waals surface area contributed by atoms with Gasteiger partial charge in [-0.15, -0.1) is 0 Å². The summed E-state index contributed by atoms with van der Waals surface area (Å²) in [6.45, 7) is 1.34. The summed E-state index contributed by atoms with van der Waals surface area (Å²) in [6.07, 6.45) is 2.93. The number of nitrogens with two attached hydrogens (primary N) is 1. The van der Waals surface area contributed by atoms with Gasteiger partial charge in [-0.1, -0.05) is 0 Å². The minimum Gasteiger partial charge on any atom is -0.397 e. The average molecular weight is 163 g/mol. The zero-order valence-corrected chi connectivity index (χ0v) is 6.66. The molecule has 0 aromatic carbocycles. The number of nitrogen functional groups attached to an aromatic ring is 1. The molecule has 0 aliphatic carbocycles. The molecular weight excluding hydrogens is 154 g/mol. The predicted molar refractivity (Wildman–Crippen MR) is 46.2 cm³/mol.